The summed E-state index contributed by atoms with van der Waals surface area (Å²) < 4.78 is 60.7. The quantitative estimate of drug-likeness (QED) is 0.456. The standard InChI is InChI=1S/C25H28F4N2O5/c1-13(2)31(23(33)16-6-4-14(3)5-7-16)20-10-19(26)21(9-17(20)24(34)35)36-22-18(25(27,28)29)8-15(12-32)11-30-22/h8-11,13-14,16,32H,4-7,12H2,1-3H3,(H,34,35)/t14-,16-. The van der Waals surface area contributed by atoms with Crippen LogP contribution in [-0.2, 0) is 17.6 Å². The summed E-state index contributed by atoms with van der Waals surface area (Å²) in [4.78, 5) is 30.2. The topological polar surface area (TPSA) is 100.0 Å². The van der Waals surface area contributed by atoms with Gasteiger partial charge in [0, 0.05) is 30.3 Å². The fourth-order valence-electron chi connectivity index (χ4n) is 4.32. The molecule has 0 saturated heterocycles. The fourth-order valence-corrected chi connectivity index (χ4v) is 4.32. The summed E-state index contributed by atoms with van der Waals surface area (Å²) in [6.07, 6.45) is -1.05. The molecule has 0 unspecified atom stereocenters. The lowest BCUT2D eigenvalue weighted by Gasteiger charge is -2.34. The minimum Gasteiger partial charge on any atom is -0.478 e. The number of rotatable bonds is 7. The Kier molecular flexibility index (Phi) is 8.22. The summed E-state index contributed by atoms with van der Waals surface area (Å²) in [6.45, 7) is 4.72. The number of benzene rings is 1. The van der Waals surface area contributed by atoms with Crippen LogP contribution in [0.15, 0.2) is 24.4 Å². The minimum absolute atomic E-state index is 0.139. The fraction of sp³-hybridized carbons (Fsp3) is 0.480. The van der Waals surface area contributed by atoms with Crippen LogP contribution in [0.3, 0.4) is 0 Å². The Balaban J connectivity index is 2.04. The summed E-state index contributed by atoms with van der Waals surface area (Å²) in [7, 11) is 0. The van der Waals surface area contributed by atoms with Gasteiger partial charge in [-0.3, -0.25) is 4.79 Å². The zero-order valence-electron chi connectivity index (χ0n) is 20.1. The molecule has 1 aliphatic rings. The van der Waals surface area contributed by atoms with Gasteiger partial charge in [-0.05, 0) is 57.1 Å². The van der Waals surface area contributed by atoms with Crippen LogP contribution >= 0.6 is 0 Å². The number of hydrogen-bond donors (Lipinski definition) is 2. The summed E-state index contributed by atoms with van der Waals surface area (Å²) >= 11 is 0. The Morgan fingerprint density at radius 2 is 1.81 bits per heavy atom. The van der Waals surface area contributed by atoms with Crippen molar-refractivity contribution in [3.05, 3.63) is 46.9 Å². The average Bonchev–Trinajstić information content (AvgIpc) is 2.80. The van der Waals surface area contributed by atoms with Gasteiger partial charge in [0.15, 0.2) is 11.6 Å². The van der Waals surface area contributed by atoms with Crippen molar-refractivity contribution in [1.82, 2.24) is 4.98 Å². The Bertz CT molecular complexity index is 1130. The first-order valence-corrected chi connectivity index (χ1v) is 11.6. The summed E-state index contributed by atoms with van der Waals surface area (Å²) in [5.74, 6) is -4.66. The van der Waals surface area contributed by atoms with Crippen molar-refractivity contribution < 1.29 is 42.1 Å². The molecule has 11 heteroatoms. The first-order valence-electron chi connectivity index (χ1n) is 11.6. The first kappa shape index (κ1) is 27.4. The SMILES string of the molecule is CC(C)N(c1cc(F)c(Oc2ncc(CO)cc2C(F)(F)F)cc1C(=O)O)C(=O)[C@H]1CC[C@H](C)CC1. The molecular weight excluding hydrogens is 484 g/mol. The number of hydrogen-bond acceptors (Lipinski definition) is 5. The zero-order chi connectivity index (χ0) is 26.8. The predicted molar refractivity (Wildman–Crippen MR) is 122 cm³/mol. The van der Waals surface area contributed by atoms with Gasteiger partial charge < -0.3 is 19.8 Å². The highest BCUT2D eigenvalue weighted by atomic mass is 19.4. The van der Waals surface area contributed by atoms with Gasteiger partial charge >= 0.3 is 12.1 Å². The van der Waals surface area contributed by atoms with Crippen LogP contribution < -0.4 is 9.64 Å². The molecule has 2 N–H and O–H groups in total. The Morgan fingerprint density at radius 1 is 1.17 bits per heavy atom. The lowest BCUT2D eigenvalue weighted by molar-refractivity contribution is -0.139. The van der Waals surface area contributed by atoms with E-state index in [9.17, 15) is 27.9 Å². The predicted octanol–water partition coefficient (Wildman–Crippen LogP) is 5.79. The number of halogens is 4. The van der Waals surface area contributed by atoms with E-state index in [1.54, 1.807) is 13.8 Å². The van der Waals surface area contributed by atoms with Gasteiger partial charge in [0.25, 0.3) is 0 Å². The molecule has 0 spiro atoms. The Hall–Kier alpha value is -3.21. The number of aromatic nitrogens is 1. The molecule has 3 rings (SSSR count). The molecule has 1 aliphatic carbocycles. The summed E-state index contributed by atoms with van der Waals surface area (Å²) in [5, 5.41) is 18.9. The number of aromatic carboxylic acids is 1. The van der Waals surface area contributed by atoms with E-state index in [0.29, 0.717) is 24.8 Å². The number of amides is 1. The van der Waals surface area contributed by atoms with E-state index in [1.807, 2.05) is 0 Å². The highest BCUT2D eigenvalue weighted by Gasteiger charge is 2.37. The number of aliphatic hydroxyl groups excluding tert-OH is 1. The van der Waals surface area contributed by atoms with Crippen LogP contribution in [0.5, 0.6) is 11.6 Å². The van der Waals surface area contributed by atoms with Crippen molar-refractivity contribution in [2.24, 2.45) is 11.8 Å². The number of carboxylic acids is 1. The number of aliphatic hydroxyl groups is 1. The van der Waals surface area contributed by atoms with Gasteiger partial charge in [-0.15, -0.1) is 0 Å². The van der Waals surface area contributed by atoms with Crippen LogP contribution in [0.2, 0.25) is 0 Å². The molecule has 196 valence electrons. The molecule has 36 heavy (non-hydrogen) atoms. The lowest BCUT2D eigenvalue weighted by atomic mass is 9.82. The largest absolute Gasteiger partial charge is 0.478 e. The second kappa shape index (κ2) is 10.8. The van der Waals surface area contributed by atoms with Crippen LogP contribution in [0, 0.1) is 17.7 Å². The van der Waals surface area contributed by atoms with E-state index in [0.717, 1.165) is 31.2 Å². The van der Waals surface area contributed by atoms with Crippen molar-refractivity contribution >= 4 is 17.6 Å². The van der Waals surface area contributed by atoms with Crippen LogP contribution in [0.25, 0.3) is 0 Å². The number of ether oxygens (including phenoxy) is 1. The van der Waals surface area contributed by atoms with Gasteiger partial charge in [-0.1, -0.05) is 6.92 Å². The van der Waals surface area contributed by atoms with Crippen molar-refractivity contribution in [2.75, 3.05) is 4.90 Å². The number of nitrogens with zero attached hydrogens (tertiary/aromatic N) is 2. The van der Waals surface area contributed by atoms with Crippen molar-refractivity contribution in [3.63, 3.8) is 0 Å². The number of carboxylic acid groups (broad SMARTS) is 1. The molecule has 1 heterocycles. The summed E-state index contributed by atoms with van der Waals surface area (Å²) in [5.41, 5.74) is -2.21. The number of anilines is 1. The molecule has 0 atom stereocenters. The third kappa shape index (κ3) is 5.95. The van der Waals surface area contributed by atoms with E-state index in [-0.39, 0.29) is 23.1 Å². The lowest BCUT2D eigenvalue weighted by Crippen LogP contribution is -2.43. The van der Waals surface area contributed by atoms with Crippen LogP contribution in [-0.4, -0.2) is 33.1 Å². The van der Waals surface area contributed by atoms with E-state index >= 15 is 4.39 Å². The van der Waals surface area contributed by atoms with Gasteiger partial charge in [-0.2, -0.15) is 13.2 Å². The second-order valence-corrected chi connectivity index (χ2v) is 9.32. The molecular formula is C25H28F4N2O5. The van der Waals surface area contributed by atoms with Crippen molar-refractivity contribution in [2.45, 2.75) is 65.3 Å². The third-order valence-electron chi connectivity index (χ3n) is 6.26. The number of alkyl halides is 3. The normalized spacial score (nSPS) is 18.2. The molecule has 0 radical (unpaired) electrons. The molecule has 0 aliphatic heterocycles. The third-order valence-corrected chi connectivity index (χ3v) is 6.26. The number of carbonyl (C=O) groups is 2. The maximum Gasteiger partial charge on any atom is 0.421 e. The zero-order valence-corrected chi connectivity index (χ0v) is 20.1. The molecule has 1 fully saturated rings. The molecule has 7 nitrogen and oxygen atoms in total. The summed E-state index contributed by atoms with van der Waals surface area (Å²) in [6, 6.07) is 1.64. The Morgan fingerprint density at radius 3 is 2.33 bits per heavy atom. The maximum absolute atomic E-state index is 15.1. The highest BCUT2D eigenvalue weighted by Crippen LogP contribution is 2.40. The maximum atomic E-state index is 15.1. The first-order chi connectivity index (χ1) is 16.8. The van der Waals surface area contributed by atoms with Gasteiger partial charge in [0.2, 0.25) is 11.8 Å². The molecule has 2 aromatic rings. The molecule has 1 aromatic heterocycles. The number of carbonyl (C=O) groups excluding carboxylic acids is 1. The average molecular weight is 513 g/mol. The molecule has 1 amide bonds. The Labute approximate surface area is 205 Å². The van der Waals surface area contributed by atoms with Crippen LogP contribution in [0.1, 0.15) is 67.9 Å². The second-order valence-electron chi connectivity index (χ2n) is 9.32. The molecule has 1 saturated carbocycles. The van der Waals surface area contributed by atoms with Gasteiger partial charge in [0.05, 0.1) is 17.9 Å². The van der Waals surface area contributed by atoms with Crippen molar-refractivity contribution in [3.8, 4) is 11.6 Å². The van der Waals surface area contributed by atoms with Crippen LogP contribution in [0.4, 0.5) is 23.2 Å². The molecule has 0 bridgehead atoms. The smallest absolute Gasteiger partial charge is 0.421 e. The van der Waals surface area contributed by atoms with E-state index in [1.165, 1.54) is 4.90 Å². The number of pyridine rings is 1. The minimum atomic E-state index is -4.93. The van der Waals surface area contributed by atoms with E-state index in [2.05, 4.69) is 11.9 Å². The van der Waals surface area contributed by atoms with E-state index in [4.69, 9.17) is 9.84 Å². The van der Waals surface area contributed by atoms with E-state index < -0.39 is 53.4 Å². The van der Waals surface area contributed by atoms with Crippen molar-refractivity contribution in [1.29, 1.82) is 0 Å². The van der Waals surface area contributed by atoms with Gasteiger partial charge in [0.1, 0.15) is 5.56 Å². The van der Waals surface area contributed by atoms with Gasteiger partial charge in [-0.25, -0.2) is 14.2 Å². The molecule has 1 aromatic carbocycles. The monoisotopic (exact) mass is 512 g/mol. The highest BCUT2D eigenvalue weighted by molar-refractivity contribution is 6.03.